The molecule has 1 aliphatic rings. The maximum atomic E-state index is 12.4. The molecule has 25 heavy (non-hydrogen) atoms. The largest absolute Gasteiger partial charge is 0.481 e. The van der Waals surface area contributed by atoms with Crippen LogP contribution in [0.25, 0.3) is 0 Å². The van der Waals surface area contributed by atoms with Gasteiger partial charge in [-0.3, -0.25) is 4.79 Å². The zero-order valence-electron chi connectivity index (χ0n) is 14.6. The molecule has 1 heterocycles. The van der Waals surface area contributed by atoms with Crippen LogP contribution in [0.2, 0.25) is 0 Å². The van der Waals surface area contributed by atoms with Crippen molar-refractivity contribution < 1.29 is 27.5 Å². The number of ether oxygens (including phenoxy) is 2. The molecule has 2 rings (SSSR count). The van der Waals surface area contributed by atoms with Crippen molar-refractivity contribution >= 4 is 21.7 Å². The van der Waals surface area contributed by atoms with Gasteiger partial charge in [-0.05, 0) is 44.5 Å². The molecule has 0 saturated carbocycles. The molecule has 1 amide bonds. The Labute approximate surface area is 147 Å². The number of benzene rings is 1. The van der Waals surface area contributed by atoms with E-state index >= 15 is 0 Å². The van der Waals surface area contributed by atoms with Crippen LogP contribution in [0.4, 0.5) is 0 Å². The molecule has 0 aliphatic carbocycles. The van der Waals surface area contributed by atoms with Gasteiger partial charge in [0.15, 0.2) is 15.9 Å². The van der Waals surface area contributed by atoms with Gasteiger partial charge in [-0.1, -0.05) is 0 Å². The molecule has 0 aromatic heterocycles. The summed E-state index contributed by atoms with van der Waals surface area (Å²) in [6.07, 6.45) is -0.312. The van der Waals surface area contributed by atoms with Gasteiger partial charge in [0.25, 0.3) is 5.91 Å². The van der Waals surface area contributed by atoms with Gasteiger partial charge in [-0.25, -0.2) is 13.2 Å². The normalized spacial score (nSPS) is 19.9. The van der Waals surface area contributed by atoms with Crippen molar-refractivity contribution in [3.8, 4) is 5.75 Å². The minimum Gasteiger partial charge on any atom is -0.481 e. The molecule has 1 aliphatic heterocycles. The molecular formula is C17H23NO6S. The van der Waals surface area contributed by atoms with Crippen LogP contribution < -0.4 is 4.74 Å². The number of likely N-dealkylation sites (N-methyl/N-ethyl adjacent to an activating group) is 1. The van der Waals surface area contributed by atoms with E-state index in [9.17, 15) is 18.0 Å². The Morgan fingerprint density at radius 1 is 1.28 bits per heavy atom. The Kier molecular flexibility index (Phi) is 6.05. The van der Waals surface area contributed by atoms with Crippen molar-refractivity contribution in [1.82, 2.24) is 4.90 Å². The monoisotopic (exact) mass is 369 g/mol. The lowest BCUT2D eigenvalue weighted by molar-refractivity contribution is -0.138. The Hall–Kier alpha value is -2.09. The SMILES string of the molecule is CCOC(=O)c1ccc(O[C@@H](C)C(=O)N(C)[C@@H]2CCS(=O)(=O)C2)cc1. The lowest BCUT2D eigenvalue weighted by Gasteiger charge is -2.26. The summed E-state index contributed by atoms with van der Waals surface area (Å²) in [4.78, 5) is 25.5. The average Bonchev–Trinajstić information content (AvgIpc) is 2.94. The van der Waals surface area contributed by atoms with Crippen LogP contribution in [-0.4, -0.2) is 62.5 Å². The van der Waals surface area contributed by atoms with Crippen LogP contribution in [-0.2, 0) is 19.4 Å². The van der Waals surface area contributed by atoms with Gasteiger partial charge in [-0.2, -0.15) is 0 Å². The first kappa shape index (κ1) is 19.2. The van der Waals surface area contributed by atoms with Gasteiger partial charge >= 0.3 is 5.97 Å². The third-order valence-electron chi connectivity index (χ3n) is 4.13. The van der Waals surface area contributed by atoms with Crippen LogP contribution in [0, 0.1) is 0 Å². The average molecular weight is 369 g/mol. The second kappa shape index (κ2) is 7.86. The fourth-order valence-electron chi connectivity index (χ4n) is 2.69. The smallest absolute Gasteiger partial charge is 0.338 e. The molecule has 2 atom stereocenters. The summed E-state index contributed by atoms with van der Waals surface area (Å²) in [5.41, 5.74) is 0.404. The van der Waals surface area contributed by atoms with E-state index in [-0.39, 0.29) is 23.5 Å². The zero-order valence-corrected chi connectivity index (χ0v) is 15.4. The Morgan fingerprint density at radius 2 is 1.92 bits per heavy atom. The topological polar surface area (TPSA) is 90.0 Å². The standard InChI is InChI=1S/C17H23NO6S/c1-4-23-17(20)13-5-7-15(8-6-13)24-12(2)16(19)18(3)14-9-10-25(21,22)11-14/h5-8,12,14H,4,9-11H2,1-3H3/t12-,14+/m0/s1. The Balaban J connectivity index is 1.95. The summed E-state index contributed by atoms with van der Waals surface area (Å²) in [6, 6.07) is 6.01. The summed E-state index contributed by atoms with van der Waals surface area (Å²) in [7, 11) is -1.46. The highest BCUT2D eigenvalue weighted by atomic mass is 32.2. The van der Waals surface area contributed by atoms with E-state index in [0.717, 1.165) is 0 Å². The molecule has 0 unspecified atom stereocenters. The Bertz CT molecular complexity index is 728. The molecule has 7 nitrogen and oxygen atoms in total. The lowest BCUT2D eigenvalue weighted by atomic mass is 10.2. The van der Waals surface area contributed by atoms with Gasteiger partial charge in [0.2, 0.25) is 0 Å². The summed E-state index contributed by atoms with van der Waals surface area (Å²) in [5, 5.41) is 0. The third-order valence-corrected chi connectivity index (χ3v) is 5.88. The van der Waals surface area contributed by atoms with E-state index in [1.54, 1.807) is 45.2 Å². The van der Waals surface area contributed by atoms with Gasteiger partial charge in [0.05, 0.1) is 23.7 Å². The number of nitrogens with zero attached hydrogens (tertiary/aromatic N) is 1. The van der Waals surface area contributed by atoms with E-state index in [2.05, 4.69) is 0 Å². The van der Waals surface area contributed by atoms with Crippen molar-refractivity contribution in [2.24, 2.45) is 0 Å². The molecule has 1 aromatic rings. The van der Waals surface area contributed by atoms with Gasteiger partial charge in [0.1, 0.15) is 5.75 Å². The predicted molar refractivity (Wildman–Crippen MR) is 92.3 cm³/mol. The number of hydrogen-bond acceptors (Lipinski definition) is 6. The van der Waals surface area contributed by atoms with Gasteiger partial charge in [-0.15, -0.1) is 0 Å². The van der Waals surface area contributed by atoms with Crippen molar-refractivity contribution in [2.75, 3.05) is 25.2 Å². The van der Waals surface area contributed by atoms with Crippen LogP contribution in [0.1, 0.15) is 30.6 Å². The van der Waals surface area contributed by atoms with Crippen molar-refractivity contribution in [3.05, 3.63) is 29.8 Å². The number of amides is 1. The molecule has 1 fully saturated rings. The first-order chi connectivity index (χ1) is 11.7. The number of carbonyl (C=O) groups is 2. The first-order valence-electron chi connectivity index (χ1n) is 8.14. The number of esters is 1. The highest BCUT2D eigenvalue weighted by molar-refractivity contribution is 7.91. The van der Waals surface area contributed by atoms with E-state index in [1.165, 1.54) is 4.90 Å². The van der Waals surface area contributed by atoms with Crippen LogP contribution in [0.3, 0.4) is 0 Å². The molecule has 0 bridgehead atoms. The fourth-order valence-corrected chi connectivity index (χ4v) is 4.46. The molecule has 138 valence electrons. The highest BCUT2D eigenvalue weighted by Crippen LogP contribution is 2.19. The minimum absolute atomic E-state index is 0.00377. The molecular weight excluding hydrogens is 346 g/mol. The highest BCUT2D eigenvalue weighted by Gasteiger charge is 2.34. The molecule has 1 aromatic carbocycles. The zero-order chi connectivity index (χ0) is 18.6. The van der Waals surface area contributed by atoms with Crippen LogP contribution >= 0.6 is 0 Å². The van der Waals surface area contributed by atoms with E-state index < -0.39 is 21.9 Å². The first-order valence-corrected chi connectivity index (χ1v) is 9.96. The molecule has 0 radical (unpaired) electrons. The molecule has 8 heteroatoms. The van der Waals surface area contributed by atoms with Crippen LogP contribution in [0.5, 0.6) is 5.75 Å². The fraction of sp³-hybridized carbons (Fsp3) is 0.529. The summed E-state index contributed by atoms with van der Waals surface area (Å²) in [6.45, 7) is 3.64. The van der Waals surface area contributed by atoms with Gasteiger partial charge in [0, 0.05) is 13.1 Å². The van der Waals surface area contributed by atoms with Crippen LogP contribution in [0.15, 0.2) is 24.3 Å². The summed E-state index contributed by atoms with van der Waals surface area (Å²) in [5.74, 6) is -0.144. The lowest BCUT2D eigenvalue weighted by Crippen LogP contribution is -2.44. The van der Waals surface area contributed by atoms with E-state index in [0.29, 0.717) is 24.3 Å². The minimum atomic E-state index is -3.05. The van der Waals surface area contributed by atoms with Crippen molar-refractivity contribution in [2.45, 2.75) is 32.4 Å². The van der Waals surface area contributed by atoms with Crippen molar-refractivity contribution in [3.63, 3.8) is 0 Å². The van der Waals surface area contributed by atoms with Gasteiger partial charge < -0.3 is 14.4 Å². The molecule has 0 N–H and O–H groups in total. The number of rotatable bonds is 6. The number of hydrogen-bond donors (Lipinski definition) is 0. The second-order valence-electron chi connectivity index (χ2n) is 6.01. The molecule has 1 saturated heterocycles. The maximum absolute atomic E-state index is 12.4. The summed E-state index contributed by atoms with van der Waals surface area (Å²) < 4.78 is 33.6. The number of carbonyl (C=O) groups excluding carboxylic acids is 2. The van der Waals surface area contributed by atoms with Crippen molar-refractivity contribution in [1.29, 1.82) is 0 Å². The Morgan fingerprint density at radius 3 is 2.44 bits per heavy atom. The van der Waals surface area contributed by atoms with E-state index in [1.807, 2.05) is 0 Å². The van der Waals surface area contributed by atoms with E-state index in [4.69, 9.17) is 9.47 Å². The third kappa shape index (κ3) is 4.94. The quantitative estimate of drug-likeness (QED) is 0.702. The molecule has 0 spiro atoms. The second-order valence-corrected chi connectivity index (χ2v) is 8.24. The summed E-state index contributed by atoms with van der Waals surface area (Å²) >= 11 is 0. The number of sulfone groups is 1. The maximum Gasteiger partial charge on any atom is 0.338 e. The predicted octanol–water partition coefficient (Wildman–Crippen LogP) is 1.28.